The van der Waals surface area contributed by atoms with Crippen molar-refractivity contribution in [2.24, 2.45) is 0 Å². The first-order chi connectivity index (χ1) is 10.3. The molecule has 0 aromatic heterocycles. The van der Waals surface area contributed by atoms with E-state index in [2.05, 4.69) is 66.7 Å². The first-order valence-electron chi connectivity index (χ1n) is 7.81. The summed E-state index contributed by atoms with van der Waals surface area (Å²) in [6.45, 7) is 0. The predicted octanol–water partition coefficient (Wildman–Crippen LogP) is 4.63. The van der Waals surface area contributed by atoms with Gasteiger partial charge in [-0.05, 0) is 29.5 Å². The van der Waals surface area contributed by atoms with Crippen LogP contribution in [-0.4, -0.2) is 11.7 Å². The summed E-state index contributed by atoms with van der Waals surface area (Å²) in [6.07, 6.45) is 7.02. The smallest absolute Gasteiger partial charge is 0.0772 e. The van der Waals surface area contributed by atoms with Crippen molar-refractivity contribution in [3.05, 3.63) is 77.9 Å². The van der Waals surface area contributed by atoms with E-state index in [0.29, 0.717) is 6.10 Å². The van der Waals surface area contributed by atoms with E-state index >= 15 is 0 Å². The lowest BCUT2D eigenvalue weighted by atomic mass is 9.84. The Morgan fingerprint density at radius 3 is 2.43 bits per heavy atom. The van der Waals surface area contributed by atoms with Gasteiger partial charge in [0, 0.05) is 12.8 Å². The number of hydrogen-bond donors (Lipinski definition) is 0. The van der Waals surface area contributed by atoms with Crippen molar-refractivity contribution in [2.75, 3.05) is 0 Å². The molecule has 21 heavy (non-hydrogen) atoms. The fourth-order valence-electron chi connectivity index (χ4n) is 3.73. The van der Waals surface area contributed by atoms with E-state index < -0.39 is 0 Å². The Kier molecular flexibility index (Phi) is 3.16. The van der Waals surface area contributed by atoms with E-state index in [-0.39, 0.29) is 5.60 Å². The fraction of sp³-hybridized carbons (Fsp3) is 0.300. The summed E-state index contributed by atoms with van der Waals surface area (Å²) < 4.78 is 6.36. The van der Waals surface area contributed by atoms with E-state index in [1.165, 1.54) is 23.1 Å². The van der Waals surface area contributed by atoms with Crippen LogP contribution in [0, 0.1) is 0 Å². The molecule has 0 unspecified atom stereocenters. The van der Waals surface area contributed by atoms with Gasteiger partial charge in [0.15, 0.2) is 0 Å². The lowest BCUT2D eigenvalue weighted by molar-refractivity contribution is -0.0260. The van der Waals surface area contributed by atoms with Crippen LogP contribution < -0.4 is 0 Å². The Hall–Kier alpha value is -1.86. The second kappa shape index (κ2) is 5.16. The Balaban J connectivity index is 1.62. The summed E-state index contributed by atoms with van der Waals surface area (Å²) in [4.78, 5) is 0. The zero-order chi connectivity index (χ0) is 14.1. The molecular formula is C20H20O. The van der Waals surface area contributed by atoms with Gasteiger partial charge in [-0.25, -0.2) is 0 Å². The topological polar surface area (TPSA) is 9.23 Å². The molecule has 2 aliphatic heterocycles. The summed E-state index contributed by atoms with van der Waals surface area (Å²) in [5.41, 5.74) is 4.20. The van der Waals surface area contributed by atoms with Crippen LogP contribution in [0.5, 0.6) is 0 Å². The third-order valence-corrected chi connectivity index (χ3v) is 4.70. The van der Waals surface area contributed by atoms with E-state index in [0.717, 1.165) is 19.3 Å². The molecule has 0 amide bonds. The van der Waals surface area contributed by atoms with Crippen molar-refractivity contribution in [3.63, 3.8) is 0 Å². The third kappa shape index (κ3) is 2.54. The molecule has 4 rings (SSSR count). The summed E-state index contributed by atoms with van der Waals surface area (Å²) in [5, 5.41) is 0. The molecule has 1 heteroatoms. The highest BCUT2D eigenvalue weighted by atomic mass is 16.5. The van der Waals surface area contributed by atoms with Crippen molar-refractivity contribution >= 4 is 5.57 Å². The van der Waals surface area contributed by atoms with Crippen LogP contribution >= 0.6 is 0 Å². The van der Waals surface area contributed by atoms with Gasteiger partial charge in [0.2, 0.25) is 0 Å². The summed E-state index contributed by atoms with van der Waals surface area (Å²) in [5.74, 6) is 0. The normalized spacial score (nSPS) is 27.4. The molecule has 2 aromatic carbocycles. The quantitative estimate of drug-likeness (QED) is 0.794. The van der Waals surface area contributed by atoms with Crippen LogP contribution in [0.15, 0.2) is 66.7 Å². The van der Waals surface area contributed by atoms with Gasteiger partial charge in [-0.3, -0.25) is 0 Å². The van der Waals surface area contributed by atoms with Gasteiger partial charge in [-0.2, -0.15) is 0 Å². The zero-order valence-corrected chi connectivity index (χ0v) is 12.2. The van der Waals surface area contributed by atoms with Gasteiger partial charge in [0.05, 0.1) is 11.7 Å². The molecule has 0 radical (unpaired) electrons. The van der Waals surface area contributed by atoms with Crippen LogP contribution in [0.4, 0.5) is 0 Å². The van der Waals surface area contributed by atoms with Crippen LogP contribution in [-0.2, 0) is 11.2 Å². The highest BCUT2D eigenvalue weighted by molar-refractivity contribution is 5.68. The maximum atomic E-state index is 6.36. The monoisotopic (exact) mass is 276 g/mol. The predicted molar refractivity (Wildman–Crippen MR) is 86.0 cm³/mol. The zero-order valence-electron chi connectivity index (χ0n) is 12.2. The SMILES string of the molecule is C1=C(c2ccccc2)C[C@@]2(Cc3ccccc3)CC[C@@H]1O2. The van der Waals surface area contributed by atoms with Gasteiger partial charge in [0.25, 0.3) is 0 Å². The molecule has 0 saturated carbocycles. The number of fused-ring (bicyclic) bond motifs is 2. The van der Waals surface area contributed by atoms with E-state index in [4.69, 9.17) is 4.74 Å². The minimum Gasteiger partial charge on any atom is -0.367 e. The lowest BCUT2D eigenvalue weighted by Crippen LogP contribution is -2.34. The molecule has 2 bridgehead atoms. The summed E-state index contributed by atoms with van der Waals surface area (Å²) in [7, 11) is 0. The molecule has 1 saturated heterocycles. The van der Waals surface area contributed by atoms with Crippen molar-refractivity contribution in [2.45, 2.75) is 37.4 Å². The van der Waals surface area contributed by atoms with Crippen LogP contribution in [0.25, 0.3) is 5.57 Å². The lowest BCUT2D eigenvalue weighted by Gasteiger charge is -2.34. The maximum absolute atomic E-state index is 6.36. The van der Waals surface area contributed by atoms with E-state index in [1.807, 2.05) is 0 Å². The molecule has 2 aliphatic rings. The summed E-state index contributed by atoms with van der Waals surface area (Å²) >= 11 is 0. The second-order valence-corrected chi connectivity index (χ2v) is 6.28. The highest BCUT2D eigenvalue weighted by Gasteiger charge is 2.43. The molecule has 106 valence electrons. The van der Waals surface area contributed by atoms with Crippen molar-refractivity contribution in [1.82, 2.24) is 0 Å². The Labute approximate surface area is 126 Å². The molecule has 0 spiro atoms. The number of benzene rings is 2. The summed E-state index contributed by atoms with van der Waals surface area (Å²) in [6, 6.07) is 21.5. The second-order valence-electron chi connectivity index (χ2n) is 6.28. The third-order valence-electron chi connectivity index (χ3n) is 4.70. The molecular weight excluding hydrogens is 256 g/mol. The molecule has 1 nitrogen and oxygen atoms in total. The number of hydrogen-bond acceptors (Lipinski definition) is 1. The first-order valence-corrected chi connectivity index (χ1v) is 7.81. The number of ether oxygens (including phenoxy) is 1. The molecule has 1 fully saturated rings. The Morgan fingerprint density at radius 1 is 0.952 bits per heavy atom. The largest absolute Gasteiger partial charge is 0.367 e. The first kappa shape index (κ1) is 12.8. The minimum atomic E-state index is 0.00590. The van der Waals surface area contributed by atoms with E-state index in [1.54, 1.807) is 0 Å². The molecule has 2 aromatic rings. The minimum absolute atomic E-state index is 0.00590. The average Bonchev–Trinajstić information content (AvgIpc) is 2.83. The molecule has 2 atom stereocenters. The average molecular weight is 276 g/mol. The van der Waals surface area contributed by atoms with Gasteiger partial charge < -0.3 is 4.74 Å². The number of rotatable bonds is 3. The molecule has 0 N–H and O–H groups in total. The Morgan fingerprint density at radius 2 is 1.67 bits per heavy atom. The van der Waals surface area contributed by atoms with E-state index in [9.17, 15) is 0 Å². The Bertz CT molecular complexity index is 644. The van der Waals surface area contributed by atoms with Gasteiger partial charge in [-0.1, -0.05) is 66.7 Å². The van der Waals surface area contributed by atoms with Crippen LogP contribution in [0.1, 0.15) is 30.4 Å². The molecule has 0 aliphatic carbocycles. The van der Waals surface area contributed by atoms with Crippen molar-refractivity contribution in [1.29, 1.82) is 0 Å². The van der Waals surface area contributed by atoms with Crippen LogP contribution in [0.2, 0.25) is 0 Å². The maximum Gasteiger partial charge on any atom is 0.0772 e. The van der Waals surface area contributed by atoms with Gasteiger partial charge in [0.1, 0.15) is 0 Å². The molecule has 2 heterocycles. The fourth-order valence-corrected chi connectivity index (χ4v) is 3.73. The highest BCUT2D eigenvalue weighted by Crippen LogP contribution is 2.45. The van der Waals surface area contributed by atoms with Crippen molar-refractivity contribution < 1.29 is 4.74 Å². The van der Waals surface area contributed by atoms with Crippen molar-refractivity contribution in [3.8, 4) is 0 Å². The van der Waals surface area contributed by atoms with Gasteiger partial charge in [-0.15, -0.1) is 0 Å². The standard InChI is InChI=1S/C20H20O/c1-3-7-16(8-4-1)14-20-12-11-19(21-20)13-18(15-20)17-9-5-2-6-10-17/h1-10,13,19H,11-12,14-15H2/t19-,20-/m0/s1. The van der Waals surface area contributed by atoms with Gasteiger partial charge >= 0.3 is 0 Å². The van der Waals surface area contributed by atoms with Crippen LogP contribution in [0.3, 0.4) is 0 Å².